The Balaban J connectivity index is 1.76. The molecular weight excluding hydrogens is 322 g/mol. The Labute approximate surface area is 146 Å². The van der Waals surface area contributed by atoms with Gasteiger partial charge in [-0.25, -0.2) is 9.78 Å². The van der Waals surface area contributed by atoms with Gasteiger partial charge < -0.3 is 19.5 Å². The van der Waals surface area contributed by atoms with Crippen molar-refractivity contribution in [3.05, 3.63) is 29.6 Å². The van der Waals surface area contributed by atoms with Gasteiger partial charge in [-0.1, -0.05) is 0 Å². The molecule has 0 unspecified atom stereocenters. The fourth-order valence-corrected chi connectivity index (χ4v) is 3.27. The van der Waals surface area contributed by atoms with Crippen LogP contribution in [-0.4, -0.2) is 70.1 Å². The van der Waals surface area contributed by atoms with Crippen molar-refractivity contribution in [2.75, 3.05) is 39.5 Å². The summed E-state index contributed by atoms with van der Waals surface area (Å²) in [4.78, 5) is 18.2. The first-order chi connectivity index (χ1) is 12.2. The van der Waals surface area contributed by atoms with Crippen LogP contribution in [0.25, 0.3) is 11.0 Å². The van der Waals surface area contributed by atoms with Gasteiger partial charge in [-0.3, -0.25) is 4.90 Å². The summed E-state index contributed by atoms with van der Waals surface area (Å²) in [6.07, 6.45) is 2.34. The molecule has 136 valence electrons. The first-order valence-electron chi connectivity index (χ1n) is 8.82. The lowest BCUT2D eigenvalue weighted by molar-refractivity contribution is 0.0369. The summed E-state index contributed by atoms with van der Waals surface area (Å²) >= 11 is 0. The maximum Gasteiger partial charge on any atom is 0.335 e. The summed E-state index contributed by atoms with van der Waals surface area (Å²) in [5.41, 5.74) is 1.92. The average molecular weight is 347 g/mol. The number of morpholine rings is 1. The monoisotopic (exact) mass is 347 g/mol. The molecule has 0 amide bonds. The van der Waals surface area contributed by atoms with E-state index in [0.29, 0.717) is 18.4 Å². The highest BCUT2D eigenvalue weighted by atomic mass is 16.5. The van der Waals surface area contributed by atoms with Gasteiger partial charge in [-0.2, -0.15) is 0 Å². The number of rotatable bonds is 8. The third-order valence-electron chi connectivity index (χ3n) is 4.59. The van der Waals surface area contributed by atoms with Gasteiger partial charge >= 0.3 is 5.97 Å². The molecule has 1 aromatic carbocycles. The first-order valence-corrected chi connectivity index (χ1v) is 8.82. The second kappa shape index (κ2) is 8.42. The molecule has 7 heteroatoms. The maximum atomic E-state index is 11.2. The Morgan fingerprint density at radius 1 is 1.20 bits per heavy atom. The Hall–Kier alpha value is -1.96. The van der Waals surface area contributed by atoms with Crippen LogP contribution in [0.5, 0.6) is 0 Å². The number of ether oxygens (including phenoxy) is 1. The van der Waals surface area contributed by atoms with E-state index in [1.807, 2.05) is 6.07 Å². The summed E-state index contributed by atoms with van der Waals surface area (Å²) in [6.45, 7) is 5.52. The Morgan fingerprint density at radius 3 is 2.72 bits per heavy atom. The molecule has 1 aromatic heterocycles. The lowest BCUT2D eigenvalue weighted by Crippen LogP contribution is -2.37. The summed E-state index contributed by atoms with van der Waals surface area (Å²) in [7, 11) is 0. The van der Waals surface area contributed by atoms with Gasteiger partial charge in [0.2, 0.25) is 0 Å². The number of benzene rings is 1. The molecule has 0 aliphatic carbocycles. The quantitative estimate of drug-likeness (QED) is 0.750. The van der Waals surface area contributed by atoms with Gasteiger partial charge in [0.05, 0.1) is 29.8 Å². The fourth-order valence-electron chi connectivity index (χ4n) is 3.27. The maximum absolute atomic E-state index is 11.2. The van der Waals surface area contributed by atoms with Gasteiger partial charge in [0, 0.05) is 39.2 Å². The molecule has 0 saturated carbocycles. The van der Waals surface area contributed by atoms with Gasteiger partial charge in [0.25, 0.3) is 0 Å². The normalized spacial score (nSPS) is 15.7. The molecule has 3 rings (SSSR count). The minimum Gasteiger partial charge on any atom is -0.478 e. The highest BCUT2D eigenvalue weighted by Crippen LogP contribution is 2.20. The summed E-state index contributed by atoms with van der Waals surface area (Å²) in [5.74, 6) is -0.0331. The molecule has 0 atom stereocenters. The van der Waals surface area contributed by atoms with Crippen molar-refractivity contribution in [1.82, 2.24) is 14.5 Å². The van der Waals surface area contributed by atoms with Crippen LogP contribution in [0.1, 0.15) is 29.0 Å². The van der Waals surface area contributed by atoms with E-state index in [0.717, 1.165) is 57.2 Å². The molecule has 2 heterocycles. The summed E-state index contributed by atoms with van der Waals surface area (Å²) < 4.78 is 7.54. The number of aliphatic hydroxyl groups excluding tert-OH is 1. The summed E-state index contributed by atoms with van der Waals surface area (Å²) in [6, 6.07) is 5.09. The van der Waals surface area contributed by atoms with Gasteiger partial charge in [-0.05, 0) is 31.0 Å². The number of carboxylic acid groups (broad SMARTS) is 1. The van der Waals surface area contributed by atoms with Crippen molar-refractivity contribution in [3.8, 4) is 0 Å². The molecule has 2 aromatic rings. The summed E-state index contributed by atoms with van der Waals surface area (Å²) in [5, 5.41) is 18.3. The highest BCUT2D eigenvalue weighted by Gasteiger charge is 2.14. The molecular formula is C18H25N3O4. The van der Waals surface area contributed by atoms with Crippen molar-refractivity contribution in [1.29, 1.82) is 0 Å². The minimum absolute atomic E-state index is 0.122. The lowest BCUT2D eigenvalue weighted by Gasteiger charge is -2.26. The number of carbonyl (C=O) groups is 1. The zero-order chi connectivity index (χ0) is 17.6. The molecule has 2 N–H and O–H groups in total. The Morgan fingerprint density at radius 2 is 2.00 bits per heavy atom. The zero-order valence-corrected chi connectivity index (χ0v) is 14.4. The zero-order valence-electron chi connectivity index (χ0n) is 14.4. The average Bonchev–Trinajstić information content (AvgIpc) is 2.97. The number of hydrogen-bond donors (Lipinski definition) is 2. The standard InChI is InChI=1S/C18H25N3O4/c22-10-1-3-17-19-15-13-14(18(23)24)4-5-16(15)21(17)7-2-6-20-8-11-25-12-9-20/h4-5,13,22H,1-3,6-12H2,(H,23,24). The van der Waals surface area contributed by atoms with Crippen LogP contribution in [-0.2, 0) is 17.7 Å². The van der Waals surface area contributed by atoms with Crippen LogP contribution in [0.4, 0.5) is 0 Å². The Kier molecular flexibility index (Phi) is 6.01. The van der Waals surface area contributed by atoms with E-state index in [-0.39, 0.29) is 12.2 Å². The topological polar surface area (TPSA) is 87.8 Å². The molecule has 0 spiro atoms. The van der Waals surface area contributed by atoms with E-state index < -0.39 is 5.97 Å². The van der Waals surface area contributed by atoms with Crippen molar-refractivity contribution >= 4 is 17.0 Å². The molecule has 0 radical (unpaired) electrons. The third kappa shape index (κ3) is 4.36. The number of aromatic nitrogens is 2. The highest BCUT2D eigenvalue weighted by molar-refractivity contribution is 5.92. The van der Waals surface area contributed by atoms with E-state index in [1.165, 1.54) is 0 Å². The number of carboxylic acids is 1. The lowest BCUT2D eigenvalue weighted by atomic mass is 10.2. The molecule has 1 aliphatic heterocycles. The van der Waals surface area contributed by atoms with Crippen molar-refractivity contribution in [2.24, 2.45) is 0 Å². The predicted molar refractivity (Wildman–Crippen MR) is 94.0 cm³/mol. The molecule has 7 nitrogen and oxygen atoms in total. The van der Waals surface area contributed by atoms with E-state index in [2.05, 4.69) is 14.5 Å². The molecule has 1 fully saturated rings. The number of aryl methyl sites for hydroxylation is 2. The predicted octanol–water partition coefficient (Wildman–Crippen LogP) is 1.38. The number of nitrogens with zero attached hydrogens (tertiary/aromatic N) is 3. The van der Waals surface area contributed by atoms with Crippen LogP contribution in [0.15, 0.2) is 18.2 Å². The van der Waals surface area contributed by atoms with Crippen molar-refractivity contribution < 1.29 is 19.7 Å². The van der Waals surface area contributed by atoms with Crippen LogP contribution in [0, 0.1) is 0 Å². The molecule has 25 heavy (non-hydrogen) atoms. The smallest absolute Gasteiger partial charge is 0.335 e. The van der Waals surface area contributed by atoms with E-state index in [1.54, 1.807) is 12.1 Å². The van der Waals surface area contributed by atoms with Gasteiger partial charge in [-0.15, -0.1) is 0 Å². The first kappa shape index (κ1) is 17.8. The largest absolute Gasteiger partial charge is 0.478 e. The molecule has 1 aliphatic rings. The van der Waals surface area contributed by atoms with Gasteiger partial charge in [0.15, 0.2) is 0 Å². The number of hydrogen-bond acceptors (Lipinski definition) is 5. The van der Waals surface area contributed by atoms with Crippen molar-refractivity contribution in [2.45, 2.75) is 25.8 Å². The number of aliphatic hydroxyl groups is 1. The van der Waals surface area contributed by atoms with Crippen LogP contribution >= 0.6 is 0 Å². The molecule has 0 bridgehead atoms. The minimum atomic E-state index is -0.944. The SMILES string of the molecule is O=C(O)c1ccc2c(c1)nc(CCCO)n2CCCN1CCOCC1. The van der Waals surface area contributed by atoms with E-state index >= 15 is 0 Å². The number of fused-ring (bicyclic) bond motifs is 1. The van der Waals surface area contributed by atoms with Crippen LogP contribution in [0.3, 0.4) is 0 Å². The van der Waals surface area contributed by atoms with Crippen LogP contribution in [0.2, 0.25) is 0 Å². The third-order valence-corrected chi connectivity index (χ3v) is 4.59. The second-order valence-electron chi connectivity index (χ2n) is 6.32. The van der Waals surface area contributed by atoms with E-state index in [4.69, 9.17) is 14.9 Å². The fraction of sp³-hybridized carbons (Fsp3) is 0.556. The van der Waals surface area contributed by atoms with Crippen molar-refractivity contribution in [3.63, 3.8) is 0 Å². The van der Waals surface area contributed by atoms with E-state index in [9.17, 15) is 4.79 Å². The molecule has 1 saturated heterocycles. The van der Waals surface area contributed by atoms with Crippen LogP contribution < -0.4 is 0 Å². The Bertz CT molecular complexity index is 722. The second-order valence-corrected chi connectivity index (χ2v) is 6.32. The van der Waals surface area contributed by atoms with Gasteiger partial charge in [0.1, 0.15) is 5.82 Å². The number of aromatic carboxylic acids is 1. The number of imidazole rings is 1.